The van der Waals surface area contributed by atoms with Gasteiger partial charge in [0.2, 0.25) is 16.9 Å². The van der Waals surface area contributed by atoms with Crippen LogP contribution in [0.5, 0.6) is 0 Å². The Morgan fingerprint density at radius 2 is 1.88 bits per heavy atom. The first-order valence-corrected chi connectivity index (χ1v) is 9.33. The van der Waals surface area contributed by atoms with E-state index in [9.17, 15) is 14.0 Å². The number of carbonyl (C=O) groups excluding carboxylic acids is 2. The topological polar surface area (TPSA) is 84.0 Å². The van der Waals surface area contributed by atoms with Gasteiger partial charge in [-0.3, -0.25) is 9.59 Å². The largest absolute Gasteiger partial charge is 0.351 e. The van der Waals surface area contributed by atoms with Crippen molar-refractivity contribution in [1.29, 1.82) is 0 Å². The standard InChI is InChI=1S/C16H19FN4O2S2/c1-16(2,3)13(23)19-14-20-21-15(25-14)24-9-12(22)18-8-10-4-6-11(17)7-5-10/h4-7H,8-9H2,1-3H3,(H,18,22)(H,19,20,23). The van der Waals surface area contributed by atoms with Gasteiger partial charge in [-0.2, -0.15) is 0 Å². The number of thioether (sulfide) groups is 1. The van der Waals surface area contributed by atoms with Crippen LogP contribution in [0.4, 0.5) is 9.52 Å². The number of benzene rings is 1. The van der Waals surface area contributed by atoms with Crippen LogP contribution in [0.3, 0.4) is 0 Å². The molecule has 1 heterocycles. The third-order valence-corrected chi connectivity index (χ3v) is 5.01. The Bertz CT molecular complexity index is 741. The third-order valence-electron chi connectivity index (χ3n) is 3.04. The van der Waals surface area contributed by atoms with Crippen LogP contribution in [0.2, 0.25) is 0 Å². The predicted octanol–water partition coefficient (Wildman–Crippen LogP) is 3.07. The third kappa shape index (κ3) is 6.43. The van der Waals surface area contributed by atoms with E-state index in [4.69, 9.17) is 0 Å². The van der Waals surface area contributed by atoms with Gasteiger partial charge in [0.25, 0.3) is 0 Å². The molecule has 0 spiro atoms. The Hall–Kier alpha value is -2.00. The number of amides is 2. The number of halogens is 1. The molecule has 6 nitrogen and oxygen atoms in total. The summed E-state index contributed by atoms with van der Waals surface area (Å²) >= 11 is 2.47. The lowest BCUT2D eigenvalue weighted by molar-refractivity contribution is -0.123. The van der Waals surface area contributed by atoms with Crippen LogP contribution in [0.25, 0.3) is 0 Å². The summed E-state index contributed by atoms with van der Waals surface area (Å²) < 4.78 is 13.4. The molecule has 0 saturated carbocycles. The molecule has 0 aliphatic rings. The molecule has 2 aromatic rings. The molecule has 134 valence electrons. The van der Waals surface area contributed by atoms with Gasteiger partial charge >= 0.3 is 0 Å². The average molecular weight is 382 g/mol. The zero-order chi connectivity index (χ0) is 18.4. The Balaban J connectivity index is 1.76. The highest BCUT2D eigenvalue weighted by atomic mass is 32.2. The molecule has 0 bridgehead atoms. The maximum atomic E-state index is 12.8. The van der Waals surface area contributed by atoms with E-state index in [1.807, 2.05) is 20.8 Å². The number of carbonyl (C=O) groups is 2. The SMILES string of the molecule is CC(C)(C)C(=O)Nc1nnc(SCC(=O)NCc2ccc(F)cc2)s1. The van der Waals surface area contributed by atoms with Gasteiger partial charge in [0, 0.05) is 12.0 Å². The molecule has 2 N–H and O–H groups in total. The molecule has 0 aliphatic heterocycles. The van der Waals surface area contributed by atoms with Crippen molar-refractivity contribution in [2.45, 2.75) is 31.7 Å². The summed E-state index contributed by atoms with van der Waals surface area (Å²) in [6.45, 7) is 5.77. The molecular weight excluding hydrogens is 363 g/mol. The minimum atomic E-state index is -0.515. The van der Waals surface area contributed by atoms with Crippen LogP contribution < -0.4 is 10.6 Å². The molecule has 1 aromatic heterocycles. The number of aromatic nitrogens is 2. The molecule has 0 unspecified atom stereocenters. The first-order chi connectivity index (χ1) is 11.7. The molecule has 2 rings (SSSR count). The summed E-state index contributed by atoms with van der Waals surface area (Å²) in [5, 5.41) is 13.7. The van der Waals surface area contributed by atoms with Gasteiger partial charge in [-0.1, -0.05) is 56.0 Å². The van der Waals surface area contributed by atoms with Crippen molar-refractivity contribution in [3.8, 4) is 0 Å². The number of anilines is 1. The van der Waals surface area contributed by atoms with Crippen LogP contribution in [0.1, 0.15) is 26.3 Å². The van der Waals surface area contributed by atoms with Crippen molar-refractivity contribution in [1.82, 2.24) is 15.5 Å². The minimum Gasteiger partial charge on any atom is -0.351 e. The number of rotatable bonds is 6. The summed E-state index contributed by atoms with van der Waals surface area (Å²) in [5.74, 6) is -0.429. The van der Waals surface area contributed by atoms with Crippen molar-refractivity contribution in [2.75, 3.05) is 11.1 Å². The van der Waals surface area contributed by atoms with E-state index in [2.05, 4.69) is 20.8 Å². The fourth-order valence-electron chi connectivity index (χ4n) is 1.58. The second-order valence-electron chi connectivity index (χ2n) is 6.27. The number of nitrogens with one attached hydrogen (secondary N) is 2. The van der Waals surface area contributed by atoms with Crippen LogP contribution in [0, 0.1) is 11.2 Å². The molecule has 0 atom stereocenters. The van der Waals surface area contributed by atoms with Gasteiger partial charge in [0.1, 0.15) is 5.82 Å². The highest BCUT2D eigenvalue weighted by Gasteiger charge is 2.22. The maximum absolute atomic E-state index is 12.8. The smallest absolute Gasteiger partial charge is 0.231 e. The minimum absolute atomic E-state index is 0.141. The van der Waals surface area contributed by atoms with Crippen LogP contribution in [0.15, 0.2) is 28.6 Å². The molecule has 1 aromatic carbocycles. The van der Waals surface area contributed by atoms with E-state index < -0.39 is 5.41 Å². The normalized spacial score (nSPS) is 11.2. The Morgan fingerprint density at radius 1 is 1.20 bits per heavy atom. The van der Waals surface area contributed by atoms with Crippen molar-refractivity contribution in [2.24, 2.45) is 5.41 Å². The van der Waals surface area contributed by atoms with Gasteiger partial charge < -0.3 is 10.6 Å². The van der Waals surface area contributed by atoms with Gasteiger partial charge in [-0.05, 0) is 17.7 Å². The van der Waals surface area contributed by atoms with E-state index >= 15 is 0 Å². The van der Waals surface area contributed by atoms with Gasteiger partial charge in [0.05, 0.1) is 5.75 Å². The molecule has 25 heavy (non-hydrogen) atoms. The Morgan fingerprint density at radius 3 is 2.52 bits per heavy atom. The molecule has 0 radical (unpaired) electrons. The van der Waals surface area contributed by atoms with Crippen molar-refractivity contribution >= 4 is 40.0 Å². The summed E-state index contributed by atoms with van der Waals surface area (Å²) in [7, 11) is 0. The lowest BCUT2D eigenvalue weighted by atomic mass is 9.96. The van der Waals surface area contributed by atoms with E-state index in [1.54, 1.807) is 12.1 Å². The molecule has 0 fully saturated rings. The highest BCUT2D eigenvalue weighted by Crippen LogP contribution is 2.26. The monoisotopic (exact) mass is 382 g/mol. The molecular formula is C16H19FN4O2S2. The predicted molar refractivity (Wildman–Crippen MR) is 97.0 cm³/mol. The Kier molecular flexibility index (Phi) is 6.49. The summed E-state index contributed by atoms with van der Waals surface area (Å²) in [5.41, 5.74) is 0.307. The molecule has 0 aliphatic carbocycles. The number of nitrogens with zero attached hydrogens (tertiary/aromatic N) is 2. The lowest BCUT2D eigenvalue weighted by Gasteiger charge is -2.15. The first-order valence-electron chi connectivity index (χ1n) is 7.53. The fourth-order valence-corrected chi connectivity index (χ4v) is 3.16. The van der Waals surface area contributed by atoms with Crippen molar-refractivity contribution in [3.63, 3.8) is 0 Å². The van der Waals surface area contributed by atoms with Crippen LogP contribution in [-0.2, 0) is 16.1 Å². The zero-order valence-corrected chi connectivity index (χ0v) is 15.8. The van der Waals surface area contributed by atoms with Crippen LogP contribution in [-0.4, -0.2) is 27.8 Å². The van der Waals surface area contributed by atoms with Crippen molar-refractivity contribution in [3.05, 3.63) is 35.6 Å². The summed E-state index contributed by atoms with van der Waals surface area (Å²) in [4.78, 5) is 23.7. The van der Waals surface area contributed by atoms with Gasteiger partial charge in [-0.15, -0.1) is 10.2 Å². The number of hydrogen-bond acceptors (Lipinski definition) is 6. The first kappa shape index (κ1) is 19.3. The summed E-state index contributed by atoms with van der Waals surface area (Å²) in [6, 6.07) is 5.95. The van der Waals surface area contributed by atoms with Gasteiger partial charge in [-0.25, -0.2) is 4.39 Å². The summed E-state index contributed by atoms with van der Waals surface area (Å²) in [6.07, 6.45) is 0. The second kappa shape index (κ2) is 8.39. The van der Waals surface area contributed by atoms with E-state index in [-0.39, 0.29) is 23.4 Å². The molecule has 9 heteroatoms. The second-order valence-corrected chi connectivity index (χ2v) is 8.47. The molecule has 0 saturated heterocycles. The fraction of sp³-hybridized carbons (Fsp3) is 0.375. The van der Waals surface area contributed by atoms with E-state index in [1.165, 1.54) is 35.2 Å². The van der Waals surface area contributed by atoms with E-state index in [0.717, 1.165) is 5.56 Å². The Labute approximate surface area is 153 Å². The number of hydrogen-bond donors (Lipinski definition) is 2. The average Bonchev–Trinajstić information content (AvgIpc) is 2.99. The van der Waals surface area contributed by atoms with Gasteiger partial charge in [0.15, 0.2) is 4.34 Å². The maximum Gasteiger partial charge on any atom is 0.231 e. The van der Waals surface area contributed by atoms with Crippen molar-refractivity contribution < 1.29 is 14.0 Å². The lowest BCUT2D eigenvalue weighted by Crippen LogP contribution is -2.27. The highest BCUT2D eigenvalue weighted by molar-refractivity contribution is 8.01. The van der Waals surface area contributed by atoms with Crippen LogP contribution >= 0.6 is 23.1 Å². The zero-order valence-electron chi connectivity index (χ0n) is 14.1. The quantitative estimate of drug-likeness (QED) is 0.592. The molecule has 2 amide bonds. The van der Waals surface area contributed by atoms with E-state index in [0.29, 0.717) is 16.0 Å².